The molecule has 1 amide bonds. The van der Waals surface area contributed by atoms with E-state index < -0.39 is 17.3 Å². The Labute approximate surface area is 128 Å². The summed E-state index contributed by atoms with van der Waals surface area (Å²) in [6, 6.07) is 7.11. The van der Waals surface area contributed by atoms with Crippen LogP contribution < -0.4 is 10.1 Å². The van der Waals surface area contributed by atoms with Gasteiger partial charge in [-0.3, -0.25) is 9.59 Å². The zero-order valence-corrected chi connectivity index (χ0v) is 12.5. The van der Waals surface area contributed by atoms with Crippen LogP contribution in [0.1, 0.15) is 26.2 Å². The van der Waals surface area contributed by atoms with E-state index in [0.29, 0.717) is 30.0 Å². The third kappa shape index (κ3) is 3.47. The number of amides is 1. The number of nitrogens with one attached hydrogen (secondary N) is 1. The lowest BCUT2D eigenvalue weighted by molar-refractivity contribution is -0.149. The first-order valence-electron chi connectivity index (χ1n) is 6.92. The van der Waals surface area contributed by atoms with Gasteiger partial charge in [0, 0.05) is 0 Å². The number of carbonyl (C=O) groups excluding carboxylic acids is 1. The van der Waals surface area contributed by atoms with Crippen molar-refractivity contribution in [3.8, 4) is 5.75 Å². The number of carboxylic acids is 1. The molecular weight excluding hydrogens is 294 g/mol. The van der Waals surface area contributed by atoms with E-state index in [4.69, 9.17) is 21.4 Å². The van der Waals surface area contributed by atoms with Gasteiger partial charge in [-0.25, -0.2) is 0 Å². The maximum absolute atomic E-state index is 11.9. The van der Waals surface area contributed by atoms with Gasteiger partial charge in [0.2, 0.25) is 5.91 Å². The predicted molar refractivity (Wildman–Crippen MR) is 78.5 cm³/mol. The van der Waals surface area contributed by atoms with E-state index in [-0.39, 0.29) is 12.6 Å². The van der Waals surface area contributed by atoms with Crippen molar-refractivity contribution in [3.63, 3.8) is 0 Å². The highest BCUT2D eigenvalue weighted by Crippen LogP contribution is 2.46. The third-order valence-corrected chi connectivity index (χ3v) is 3.98. The fourth-order valence-electron chi connectivity index (χ4n) is 2.03. The van der Waals surface area contributed by atoms with E-state index in [9.17, 15) is 9.59 Å². The molecule has 114 valence electrons. The Balaban J connectivity index is 1.90. The van der Waals surface area contributed by atoms with Crippen molar-refractivity contribution in [2.75, 3.05) is 6.54 Å². The van der Waals surface area contributed by atoms with E-state index in [0.717, 1.165) is 0 Å². The molecule has 0 heterocycles. The normalized spacial score (nSPS) is 16.9. The Morgan fingerprint density at radius 2 is 2.10 bits per heavy atom. The predicted octanol–water partition coefficient (Wildman–Crippen LogP) is 2.48. The average Bonchev–Trinajstić information content (AvgIpc) is 3.26. The second kappa shape index (κ2) is 6.35. The minimum atomic E-state index is -1.22. The first-order chi connectivity index (χ1) is 9.99. The van der Waals surface area contributed by atoms with Crippen LogP contribution in [-0.4, -0.2) is 29.6 Å². The average molecular weight is 312 g/mol. The molecule has 0 bridgehead atoms. The zero-order valence-electron chi connectivity index (χ0n) is 11.8. The molecule has 1 fully saturated rings. The Kier molecular flexibility index (Phi) is 4.73. The van der Waals surface area contributed by atoms with Crippen molar-refractivity contribution in [3.05, 3.63) is 29.3 Å². The minimum absolute atomic E-state index is 0.251. The summed E-state index contributed by atoms with van der Waals surface area (Å²) < 4.78 is 5.74. The molecule has 2 rings (SSSR count). The van der Waals surface area contributed by atoms with Crippen LogP contribution in [0.5, 0.6) is 5.75 Å². The number of hydrogen-bond acceptors (Lipinski definition) is 3. The molecule has 1 aromatic rings. The number of para-hydroxylation sites is 1. The van der Waals surface area contributed by atoms with Gasteiger partial charge in [0.25, 0.3) is 0 Å². The molecule has 21 heavy (non-hydrogen) atoms. The minimum Gasteiger partial charge on any atom is -0.487 e. The third-order valence-electron chi connectivity index (χ3n) is 3.67. The molecule has 1 unspecified atom stereocenters. The summed E-state index contributed by atoms with van der Waals surface area (Å²) >= 11 is 6.02. The van der Waals surface area contributed by atoms with E-state index in [1.165, 1.54) is 0 Å². The summed E-state index contributed by atoms with van der Waals surface area (Å²) in [5.74, 6) is -0.934. The molecule has 1 saturated carbocycles. The molecule has 5 nitrogen and oxygen atoms in total. The highest BCUT2D eigenvalue weighted by molar-refractivity contribution is 6.32. The van der Waals surface area contributed by atoms with Gasteiger partial charge in [0.15, 0.2) is 0 Å². The summed E-state index contributed by atoms with van der Waals surface area (Å²) in [7, 11) is 0. The van der Waals surface area contributed by atoms with Crippen molar-refractivity contribution in [2.24, 2.45) is 5.41 Å². The molecular formula is C15H18ClNO4. The summed E-state index contributed by atoms with van der Waals surface area (Å²) in [5.41, 5.74) is -1.22. The van der Waals surface area contributed by atoms with E-state index in [1.54, 1.807) is 12.1 Å². The summed E-state index contributed by atoms with van der Waals surface area (Å²) in [4.78, 5) is 23.0. The van der Waals surface area contributed by atoms with Crippen LogP contribution in [0.4, 0.5) is 0 Å². The van der Waals surface area contributed by atoms with Gasteiger partial charge >= 0.3 is 5.97 Å². The molecule has 1 aromatic carbocycles. The lowest BCUT2D eigenvalue weighted by Crippen LogP contribution is -2.42. The summed E-state index contributed by atoms with van der Waals surface area (Å²) in [5, 5.41) is 12.2. The molecule has 0 radical (unpaired) electrons. The van der Waals surface area contributed by atoms with Gasteiger partial charge in [-0.15, -0.1) is 0 Å². The van der Waals surface area contributed by atoms with Crippen LogP contribution in [0.15, 0.2) is 24.3 Å². The Morgan fingerprint density at radius 1 is 1.43 bits per heavy atom. The largest absolute Gasteiger partial charge is 0.487 e. The number of hydrogen-bond donors (Lipinski definition) is 2. The second-order valence-corrected chi connectivity index (χ2v) is 5.58. The van der Waals surface area contributed by atoms with Gasteiger partial charge in [-0.2, -0.15) is 0 Å². The molecule has 0 spiro atoms. The summed E-state index contributed by atoms with van der Waals surface area (Å²) in [6.45, 7) is 2.19. The van der Waals surface area contributed by atoms with Gasteiger partial charge in [-0.05, 0) is 31.4 Å². The van der Waals surface area contributed by atoms with Crippen LogP contribution in [0, 0.1) is 5.41 Å². The highest BCUT2D eigenvalue weighted by atomic mass is 35.5. The Bertz CT molecular complexity index is 542. The fourth-order valence-corrected chi connectivity index (χ4v) is 2.21. The standard InChI is InChI=1S/C15H18ClNO4/c1-2-10(21-12-6-4-3-5-11(12)16)9-17-13(18)15(7-8-15)14(19)20/h3-6,10H,2,7-9H2,1H3,(H,17,18)(H,19,20). The maximum atomic E-state index is 11.9. The second-order valence-electron chi connectivity index (χ2n) is 5.18. The van der Waals surface area contributed by atoms with Gasteiger partial charge in [-0.1, -0.05) is 30.7 Å². The van der Waals surface area contributed by atoms with Crippen LogP contribution in [0.25, 0.3) is 0 Å². The Hall–Kier alpha value is -1.75. The van der Waals surface area contributed by atoms with E-state index in [2.05, 4.69) is 5.32 Å². The number of carbonyl (C=O) groups is 2. The van der Waals surface area contributed by atoms with Crippen molar-refractivity contribution in [1.82, 2.24) is 5.32 Å². The summed E-state index contributed by atoms with van der Waals surface area (Å²) in [6.07, 6.45) is 1.22. The van der Waals surface area contributed by atoms with Crippen molar-refractivity contribution < 1.29 is 19.4 Å². The van der Waals surface area contributed by atoms with Crippen LogP contribution in [0.3, 0.4) is 0 Å². The smallest absolute Gasteiger partial charge is 0.319 e. The molecule has 0 aliphatic heterocycles. The van der Waals surface area contributed by atoms with Gasteiger partial charge < -0.3 is 15.2 Å². The number of benzene rings is 1. The van der Waals surface area contributed by atoms with Crippen LogP contribution in [-0.2, 0) is 9.59 Å². The SMILES string of the molecule is CCC(CNC(=O)C1(C(=O)O)CC1)Oc1ccccc1Cl. The number of rotatable bonds is 7. The topological polar surface area (TPSA) is 75.6 Å². The number of aliphatic carboxylic acids is 1. The molecule has 2 N–H and O–H groups in total. The molecule has 1 aliphatic carbocycles. The monoisotopic (exact) mass is 311 g/mol. The Morgan fingerprint density at radius 3 is 2.62 bits per heavy atom. The first kappa shape index (κ1) is 15.6. The van der Waals surface area contributed by atoms with Gasteiger partial charge in [0.1, 0.15) is 17.3 Å². The molecule has 0 saturated heterocycles. The van der Waals surface area contributed by atoms with Gasteiger partial charge in [0.05, 0.1) is 11.6 Å². The van der Waals surface area contributed by atoms with Crippen LogP contribution >= 0.6 is 11.6 Å². The number of halogens is 1. The number of carboxylic acid groups (broad SMARTS) is 1. The molecule has 1 atom stereocenters. The van der Waals surface area contributed by atoms with Crippen LogP contribution in [0.2, 0.25) is 5.02 Å². The van der Waals surface area contributed by atoms with E-state index in [1.807, 2.05) is 19.1 Å². The fraction of sp³-hybridized carbons (Fsp3) is 0.467. The van der Waals surface area contributed by atoms with Crippen molar-refractivity contribution >= 4 is 23.5 Å². The molecule has 0 aromatic heterocycles. The molecule has 1 aliphatic rings. The lowest BCUT2D eigenvalue weighted by atomic mass is 10.1. The number of ether oxygens (including phenoxy) is 1. The van der Waals surface area contributed by atoms with Crippen molar-refractivity contribution in [1.29, 1.82) is 0 Å². The quantitative estimate of drug-likeness (QED) is 0.759. The van der Waals surface area contributed by atoms with Crippen molar-refractivity contribution in [2.45, 2.75) is 32.3 Å². The maximum Gasteiger partial charge on any atom is 0.319 e. The highest BCUT2D eigenvalue weighted by Gasteiger charge is 2.57. The molecule has 6 heteroatoms. The lowest BCUT2D eigenvalue weighted by Gasteiger charge is -2.20. The van der Waals surface area contributed by atoms with E-state index >= 15 is 0 Å². The first-order valence-corrected chi connectivity index (χ1v) is 7.30. The zero-order chi connectivity index (χ0) is 15.5.